The maximum absolute atomic E-state index is 13.4. The van der Waals surface area contributed by atoms with Gasteiger partial charge in [-0.05, 0) is 145 Å². The minimum absolute atomic E-state index is 0.0240. The van der Waals surface area contributed by atoms with Crippen molar-refractivity contribution in [1.29, 1.82) is 0 Å². The number of benzene rings is 6. The summed E-state index contributed by atoms with van der Waals surface area (Å²) in [6, 6.07) is 42.3. The number of esters is 4. The fourth-order valence-corrected chi connectivity index (χ4v) is 9.51. The minimum Gasteiger partial charge on any atom is -0.458 e. The van der Waals surface area contributed by atoms with Gasteiger partial charge in [0.25, 0.3) is 0 Å². The molecule has 6 atom stereocenters. The van der Waals surface area contributed by atoms with Gasteiger partial charge in [-0.3, -0.25) is 28.8 Å². The maximum Gasteiger partial charge on any atom is 0.308 e. The summed E-state index contributed by atoms with van der Waals surface area (Å²) in [4.78, 5) is 76.3. The lowest BCUT2D eigenvalue weighted by molar-refractivity contribution is -0.148. The van der Waals surface area contributed by atoms with Crippen molar-refractivity contribution in [3.63, 3.8) is 0 Å². The first kappa shape index (κ1) is 53.1. The molecule has 8 rings (SSSR count). The predicted octanol–water partition coefficient (Wildman–Crippen LogP) is 13.4. The van der Waals surface area contributed by atoms with Crippen molar-refractivity contribution in [3.8, 4) is 11.5 Å². The number of carbonyl (C=O) groups is 6. The van der Waals surface area contributed by atoms with Gasteiger partial charge in [0.1, 0.15) is 23.7 Å². The summed E-state index contributed by atoms with van der Waals surface area (Å²) in [6.07, 6.45) is 0.940. The Kier molecular flexibility index (Phi) is 17.8. The molecule has 12 nitrogen and oxygen atoms in total. The van der Waals surface area contributed by atoms with Gasteiger partial charge in [0, 0.05) is 59.2 Å². The Hall–Kier alpha value is -6.70. The summed E-state index contributed by atoms with van der Waals surface area (Å²) in [6.45, 7) is 5.42. The van der Waals surface area contributed by atoms with E-state index in [0.29, 0.717) is 57.3 Å². The standard InChI is InChI=1S/2C28H25Cl2NO5/c2*1-17(32)35-24-13-5-20(6-14-24)27-25(28(34)31(27)23-11-9-22(30)10-12-23)15-16-26(36-18(2)33)19-3-7-21(29)8-4-19/h2*3-14,25-27H,15-16H2,1-2H3/t25?,26-,27+;25?,26-,27-/m01/s1. The first-order valence-electron chi connectivity index (χ1n) is 23.0. The third kappa shape index (κ3) is 13.4. The van der Waals surface area contributed by atoms with Crippen molar-refractivity contribution in [2.24, 2.45) is 11.8 Å². The molecule has 16 heteroatoms. The van der Waals surface area contributed by atoms with Crippen LogP contribution in [0.2, 0.25) is 20.1 Å². The molecular weight excluding hydrogens is 1000 g/mol. The van der Waals surface area contributed by atoms with Gasteiger partial charge in [-0.1, -0.05) is 94.9 Å². The normalized spacial score (nSPS) is 17.8. The van der Waals surface area contributed by atoms with Crippen LogP contribution in [0, 0.1) is 11.8 Å². The highest BCUT2D eigenvalue weighted by molar-refractivity contribution is 6.31. The molecule has 372 valence electrons. The Morgan fingerprint density at radius 3 is 1.00 bits per heavy atom. The van der Waals surface area contributed by atoms with E-state index in [1.807, 2.05) is 72.8 Å². The van der Waals surface area contributed by atoms with E-state index in [1.54, 1.807) is 82.6 Å². The molecule has 6 aromatic carbocycles. The third-order valence-electron chi connectivity index (χ3n) is 12.2. The number of ether oxygens (including phenoxy) is 4. The van der Waals surface area contributed by atoms with Crippen LogP contribution in [-0.4, -0.2) is 35.7 Å². The van der Waals surface area contributed by atoms with Gasteiger partial charge >= 0.3 is 23.9 Å². The molecule has 2 aliphatic rings. The van der Waals surface area contributed by atoms with E-state index < -0.39 is 36.1 Å². The molecule has 2 unspecified atom stereocenters. The average molecular weight is 1050 g/mol. The number of halogens is 4. The summed E-state index contributed by atoms with van der Waals surface area (Å²) in [5, 5.41) is 2.34. The molecule has 72 heavy (non-hydrogen) atoms. The Labute approximate surface area is 437 Å². The SMILES string of the molecule is CC(=O)Oc1ccc([C@@H]2C(CC[C@@H](OC(C)=O)c3ccc(Cl)cc3)C(=O)N2c2ccc(Cl)cc2)cc1.CC(=O)Oc1ccc([C@@H]2C(CC[C@H](OC(C)=O)c3ccc(Cl)cc3)C(=O)N2c2ccc(Cl)cc2)cc1. The topological polar surface area (TPSA) is 146 Å². The lowest BCUT2D eigenvalue weighted by Crippen LogP contribution is -2.55. The molecular formula is C56H50Cl4N2O10. The number of anilines is 2. The van der Waals surface area contributed by atoms with Gasteiger partial charge in [0.05, 0.1) is 23.9 Å². The molecule has 0 radical (unpaired) electrons. The van der Waals surface area contributed by atoms with E-state index in [2.05, 4.69) is 0 Å². The van der Waals surface area contributed by atoms with Crippen molar-refractivity contribution in [3.05, 3.63) is 188 Å². The van der Waals surface area contributed by atoms with Crippen molar-refractivity contribution >= 4 is 93.5 Å². The fourth-order valence-electron chi connectivity index (χ4n) is 9.00. The zero-order valence-corrected chi connectivity index (χ0v) is 42.7. The second-order valence-corrected chi connectivity index (χ2v) is 19.0. The molecule has 2 saturated heterocycles. The Morgan fingerprint density at radius 2 is 0.722 bits per heavy atom. The monoisotopic (exact) mass is 1050 g/mol. The second kappa shape index (κ2) is 24.1. The highest BCUT2D eigenvalue weighted by Crippen LogP contribution is 2.49. The zero-order valence-electron chi connectivity index (χ0n) is 39.6. The molecule has 0 aliphatic carbocycles. The van der Waals surface area contributed by atoms with Gasteiger partial charge in [0.15, 0.2) is 0 Å². The van der Waals surface area contributed by atoms with Crippen LogP contribution in [0.1, 0.15) is 99.9 Å². The van der Waals surface area contributed by atoms with E-state index in [9.17, 15) is 28.8 Å². The molecule has 0 spiro atoms. The predicted molar refractivity (Wildman–Crippen MR) is 276 cm³/mol. The van der Waals surface area contributed by atoms with Crippen LogP contribution in [0.4, 0.5) is 11.4 Å². The van der Waals surface area contributed by atoms with E-state index in [-0.39, 0.29) is 35.7 Å². The number of hydrogen-bond donors (Lipinski definition) is 0. The molecule has 0 bridgehead atoms. The number of carbonyl (C=O) groups excluding carboxylic acids is 6. The molecule has 0 aromatic heterocycles. The molecule has 2 amide bonds. The van der Waals surface area contributed by atoms with Gasteiger partial charge < -0.3 is 28.7 Å². The van der Waals surface area contributed by atoms with E-state index in [4.69, 9.17) is 65.4 Å². The van der Waals surface area contributed by atoms with Crippen molar-refractivity contribution in [2.75, 3.05) is 9.80 Å². The van der Waals surface area contributed by atoms with Crippen LogP contribution in [0.3, 0.4) is 0 Å². The van der Waals surface area contributed by atoms with E-state index in [1.165, 1.54) is 27.7 Å². The summed E-state index contributed by atoms with van der Waals surface area (Å²) < 4.78 is 21.5. The summed E-state index contributed by atoms with van der Waals surface area (Å²) >= 11 is 24.1. The van der Waals surface area contributed by atoms with Crippen LogP contribution in [0.5, 0.6) is 11.5 Å². The Balaban J connectivity index is 0.000000211. The lowest BCUT2D eigenvalue weighted by Gasteiger charge is -2.48. The van der Waals surface area contributed by atoms with Gasteiger partial charge in [0.2, 0.25) is 11.8 Å². The number of nitrogens with zero attached hydrogens (tertiary/aromatic N) is 2. The highest BCUT2D eigenvalue weighted by Gasteiger charge is 2.50. The van der Waals surface area contributed by atoms with Gasteiger partial charge in [-0.2, -0.15) is 0 Å². The number of β-lactam (4-membered cyclic amide) rings is 2. The second-order valence-electron chi connectivity index (χ2n) is 17.3. The lowest BCUT2D eigenvalue weighted by atomic mass is 9.78. The number of amides is 2. The van der Waals surface area contributed by atoms with Crippen LogP contribution in [-0.2, 0) is 38.2 Å². The van der Waals surface area contributed by atoms with E-state index >= 15 is 0 Å². The maximum atomic E-state index is 13.4. The van der Waals surface area contributed by atoms with Crippen molar-refractivity contribution < 1.29 is 47.7 Å². The number of hydrogen-bond acceptors (Lipinski definition) is 10. The van der Waals surface area contributed by atoms with Gasteiger partial charge in [-0.25, -0.2) is 0 Å². The molecule has 0 saturated carbocycles. The number of rotatable bonds is 16. The van der Waals surface area contributed by atoms with E-state index in [0.717, 1.165) is 33.6 Å². The summed E-state index contributed by atoms with van der Waals surface area (Å²) in [5.41, 5.74) is 4.92. The largest absolute Gasteiger partial charge is 0.458 e. The van der Waals surface area contributed by atoms with Crippen LogP contribution < -0.4 is 19.3 Å². The minimum atomic E-state index is -0.496. The first-order chi connectivity index (χ1) is 34.4. The first-order valence-corrected chi connectivity index (χ1v) is 24.6. The highest BCUT2D eigenvalue weighted by atomic mass is 35.5. The van der Waals surface area contributed by atoms with Crippen LogP contribution >= 0.6 is 46.4 Å². The third-order valence-corrected chi connectivity index (χ3v) is 13.2. The smallest absolute Gasteiger partial charge is 0.308 e. The molecule has 2 aliphatic heterocycles. The Bertz CT molecular complexity index is 2680. The zero-order chi connectivity index (χ0) is 51.6. The summed E-state index contributed by atoms with van der Waals surface area (Å²) in [5.74, 6) is -1.43. The van der Waals surface area contributed by atoms with Crippen LogP contribution in [0.15, 0.2) is 146 Å². The Morgan fingerprint density at radius 1 is 0.431 bits per heavy atom. The molecule has 2 heterocycles. The fraction of sp³-hybridized carbons (Fsp3) is 0.250. The molecule has 2 fully saturated rings. The van der Waals surface area contributed by atoms with Crippen molar-refractivity contribution in [1.82, 2.24) is 0 Å². The molecule has 0 N–H and O–H groups in total. The average Bonchev–Trinajstić information content (AvgIpc) is 3.34. The van der Waals surface area contributed by atoms with Crippen molar-refractivity contribution in [2.45, 2.75) is 77.7 Å². The summed E-state index contributed by atoms with van der Waals surface area (Å²) in [7, 11) is 0. The molecule has 6 aromatic rings. The van der Waals surface area contributed by atoms with Crippen LogP contribution in [0.25, 0.3) is 0 Å². The quantitative estimate of drug-likeness (QED) is 0.0521. The van der Waals surface area contributed by atoms with Gasteiger partial charge in [-0.15, -0.1) is 0 Å².